The fourth-order valence-corrected chi connectivity index (χ4v) is 2.50. The van der Waals surface area contributed by atoms with Gasteiger partial charge in [-0.05, 0) is 32.8 Å². The molecular formula is C16H22N2O4. The topological polar surface area (TPSA) is 67.9 Å². The Kier molecular flexibility index (Phi) is 5.15. The number of hydrazine groups is 1. The lowest BCUT2D eigenvalue weighted by atomic mass is 10.1. The molecule has 0 saturated carbocycles. The van der Waals surface area contributed by atoms with E-state index < -0.39 is 17.6 Å². The van der Waals surface area contributed by atoms with E-state index in [1.807, 2.05) is 44.2 Å². The third-order valence-electron chi connectivity index (χ3n) is 3.57. The van der Waals surface area contributed by atoms with Crippen LogP contribution in [0, 0.1) is 0 Å². The van der Waals surface area contributed by atoms with Crippen LogP contribution in [0.5, 0.6) is 0 Å². The summed E-state index contributed by atoms with van der Waals surface area (Å²) in [5, 5.41) is 1.69. The first kappa shape index (κ1) is 16.5. The normalized spacial score (nSPS) is 20.6. The number of rotatable bonds is 4. The van der Waals surface area contributed by atoms with Gasteiger partial charge in [-0.3, -0.25) is 10.2 Å². The van der Waals surface area contributed by atoms with Crippen LogP contribution in [0.4, 0.5) is 0 Å². The molecule has 0 bridgehead atoms. The van der Waals surface area contributed by atoms with Crippen molar-refractivity contribution in [3.8, 4) is 0 Å². The van der Waals surface area contributed by atoms with Crippen molar-refractivity contribution in [3.63, 3.8) is 0 Å². The molecule has 22 heavy (non-hydrogen) atoms. The molecule has 0 radical (unpaired) electrons. The second kappa shape index (κ2) is 6.89. The Morgan fingerprint density at radius 2 is 2.05 bits per heavy atom. The van der Waals surface area contributed by atoms with Crippen molar-refractivity contribution >= 4 is 11.9 Å². The number of ether oxygens (including phenoxy) is 2. The highest BCUT2D eigenvalue weighted by molar-refractivity contribution is 6.32. The molecule has 0 aromatic heterocycles. The number of hydrogen-bond acceptors (Lipinski definition) is 5. The van der Waals surface area contributed by atoms with Crippen LogP contribution in [0.2, 0.25) is 0 Å². The van der Waals surface area contributed by atoms with Gasteiger partial charge >= 0.3 is 11.9 Å². The zero-order valence-electron chi connectivity index (χ0n) is 13.2. The Labute approximate surface area is 130 Å². The first-order valence-electron chi connectivity index (χ1n) is 7.39. The fourth-order valence-electron chi connectivity index (χ4n) is 2.50. The number of nitrogens with one attached hydrogen (secondary N) is 1. The van der Waals surface area contributed by atoms with E-state index >= 15 is 0 Å². The molecule has 1 atom stereocenters. The van der Waals surface area contributed by atoms with Gasteiger partial charge in [0.05, 0.1) is 19.3 Å². The van der Waals surface area contributed by atoms with Gasteiger partial charge in [-0.25, -0.2) is 4.79 Å². The highest BCUT2D eigenvalue weighted by Gasteiger charge is 2.42. The molecule has 1 aliphatic rings. The van der Waals surface area contributed by atoms with Crippen molar-refractivity contribution in [1.82, 2.24) is 10.4 Å². The third kappa shape index (κ3) is 3.84. The number of carbonyl (C=O) groups excluding carboxylic acids is 2. The quantitative estimate of drug-likeness (QED) is 0.670. The SMILES string of the molecule is CCOC(=O)C(=O)NN1[C@@H](Cc2ccccc2)COC1(C)C. The summed E-state index contributed by atoms with van der Waals surface area (Å²) in [6, 6.07) is 9.90. The van der Waals surface area contributed by atoms with Gasteiger partial charge in [0.15, 0.2) is 0 Å². The average molecular weight is 306 g/mol. The largest absolute Gasteiger partial charge is 0.459 e. The zero-order valence-corrected chi connectivity index (χ0v) is 13.2. The molecule has 0 aliphatic carbocycles. The molecule has 1 saturated heterocycles. The van der Waals surface area contributed by atoms with Crippen LogP contribution >= 0.6 is 0 Å². The van der Waals surface area contributed by atoms with E-state index in [0.717, 1.165) is 5.56 Å². The lowest BCUT2D eigenvalue weighted by Gasteiger charge is -2.33. The van der Waals surface area contributed by atoms with E-state index in [1.165, 1.54) is 0 Å². The van der Waals surface area contributed by atoms with Crippen molar-refractivity contribution in [2.45, 2.75) is 39.0 Å². The summed E-state index contributed by atoms with van der Waals surface area (Å²) in [7, 11) is 0. The van der Waals surface area contributed by atoms with Gasteiger partial charge in [-0.1, -0.05) is 30.3 Å². The lowest BCUT2D eigenvalue weighted by molar-refractivity contribution is -0.161. The summed E-state index contributed by atoms with van der Waals surface area (Å²) in [6.07, 6.45) is 0.716. The van der Waals surface area contributed by atoms with E-state index in [1.54, 1.807) is 11.9 Å². The zero-order chi connectivity index (χ0) is 16.2. The maximum absolute atomic E-state index is 11.9. The van der Waals surface area contributed by atoms with Crippen LogP contribution in [0.1, 0.15) is 26.3 Å². The fraction of sp³-hybridized carbons (Fsp3) is 0.500. The third-order valence-corrected chi connectivity index (χ3v) is 3.57. The molecule has 1 N–H and O–H groups in total. The van der Waals surface area contributed by atoms with Gasteiger partial charge in [-0.15, -0.1) is 0 Å². The molecule has 1 aromatic rings. The van der Waals surface area contributed by atoms with E-state index in [-0.39, 0.29) is 12.6 Å². The summed E-state index contributed by atoms with van der Waals surface area (Å²) in [4.78, 5) is 23.4. The molecule has 1 heterocycles. The van der Waals surface area contributed by atoms with Crippen LogP contribution in [0.15, 0.2) is 30.3 Å². The number of hydrogen-bond donors (Lipinski definition) is 1. The molecule has 1 aromatic carbocycles. The predicted octanol–water partition coefficient (Wildman–Crippen LogP) is 1.26. The minimum absolute atomic E-state index is 0.0456. The van der Waals surface area contributed by atoms with Crippen LogP contribution in [-0.4, -0.2) is 41.9 Å². The lowest BCUT2D eigenvalue weighted by Crippen LogP contribution is -2.56. The van der Waals surface area contributed by atoms with Gasteiger partial charge in [0.25, 0.3) is 0 Å². The van der Waals surface area contributed by atoms with Crippen LogP contribution in [0.25, 0.3) is 0 Å². The first-order chi connectivity index (χ1) is 10.4. The summed E-state index contributed by atoms with van der Waals surface area (Å²) in [5.74, 6) is -1.66. The monoisotopic (exact) mass is 306 g/mol. The predicted molar refractivity (Wildman–Crippen MR) is 80.6 cm³/mol. The van der Waals surface area contributed by atoms with Crippen molar-refractivity contribution in [3.05, 3.63) is 35.9 Å². The Morgan fingerprint density at radius 3 is 2.68 bits per heavy atom. The Morgan fingerprint density at radius 1 is 1.36 bits per heavy atom. The Bertz CT molecular complexity index is 530. The molecule has 2 rings (SSSR count). The highest BCUT2D eigenvalue weighted by Crippen LogP contribution is 2.27. The number of carbonyl (C=O) groups is 2. The van der Waals surface area contributed by atoms with Gasteiger partial charge < -0.3 is 9.47 Å². The van der Waals surface area contributed by atoms with Crippen LogP contribution < -0.4 is 5.43 Å². The number of nitrogens with zero attached hydrogens (tertiary/aromatic N) is 1. The summed E-state index contributed by atoms with van der Waals surface area (Å²) in [6.45, 7) is 6.00. The molecule has 1 amide bonds. The van der Waals surface area contributed by atoms with Gasteiger partial charge in [-0.2, -0.15) is 5.01 Å². The number of benzene rings is 1. The van der Waals surface area contributed by atoms with Gasteiger partial charge in [0, 0.05) is 0 Å². The van der Waals surface area contributed by atoms with Crippen molar-refractivity contribution < 1.29 is 19.1 Å². The molecule has 120 valence electrons. The summed E-state index contributed by atoms with van der Waals surface area (Å²) < 4.78 is 10.5. The standard InChI is InChI=1S/C16H22N2O4/c1-4-21-15(20)14(19)17-18-13(11-22-16(18,2)3)10-12-8-6-5-7-9-12/h5-9,13H,4,10-11H2,1-3H3,(H,17,19)/t13-/m0/s1. The van der Waals surface area contributed by atoms with Crippen LogP contribution in [0.3, 0.4) is 0 Å². The summed E-state index contributed by atoms with van der Waals surface area (Å²) >= 11 is 0. The molecule has 0 unspecified atom stereocenters. The molecule has 1 aliphatic heterocycles. The smallest absolute Gasteiger partial charge is 0.398 e. The van der Waals surface area contributed by atoms with E-state index in [4.69, 9.17) is 9.47 Å². The maximum Gasteiger partial charge on any atom is 0.398 e. The van der Waals surface area contributed by atoms with Crippen LogP contribution in [-0.2, 0) is 25.5 Å². The van der Waals surface area contributed by atoms with Gasteiger partial charge in [0.1, 0.15) is 5.72 Å². The molecule has 6 nitrogen and oxygen atoms in total. The average Bonchev–Trinajstić information content (AvgIpc) is 2.76. The van der Waals surface area contributed by atoms with E-state index in [2.05, 4.69) is 5.43 Å². The maximum atomic E-state index is 11.9. The second-order valence-corrected chi connectivity index (χ2v) is 5.63. The molecule has 0 spiro atoms. The Hall–Kier alpha value is -1.92. The van der Waals surface area contributed by atoms with Crippen molar-refractivity contribution in [2.24, 2.45) is 0 Å². The minimum atomic E-state index is -0.885. The molecular weight excluding hydrogens is 284 g/mol. The van der Waals surface area contributed by atoms with E-state index in [9.17, 15) is 9.59 Å². The Balaban J connectivity index is 2.07. The van der Waals surface area contributed by atoms with Crippen molar-refractivity contribution in [2.75, 3.05) is 13.2 Å². The second-order valence-electron chi connectivity index (χ2n) is 5.63. The minimum Gasteiger partial charge on any atom is -0.459 e. The van der Waals surface area contributed by atoms with Crippen molar-refractivity contribution in [1.29, 1.82) is 0 Å². The number of amides is 1. The molecule has 1 fully saturated rings. The van der Waals surface area contributed by atoms with E-state index in [0.29, 0.717) is 13.0 Å². The summed E-state index contributed by atoms with van der Waals surface area (Å²) in [5.41, 5.74) is 3.08. The van der Waals surface area contributed by atoms with Gasteiger partial charge in [0.2, 0.25) is 0 Å². The molecule has 6 heteroatoms. The highest BCUT2D eigenvalue weighted by atomic mass is 16.5. The first-order valence-corrected chi connectivity index (χ1v) is 7.39. The number of esters is 1.